The van der Waals surface area contributed by atoms with E-state index >= 15 is 0 Å². The first kappa shape index (κ1) is 20.2. The Balaban J connectivity index is 1.38. The molecule has 2 aliphatic heterocycles. The number of hydrogen-bond donors (Lipinski definition) is 0. The highest BCUT2D eigenvalue weighted by molar-refractivity contribution is 5.56. The minimum absolute atomic E-state index is 0.333. The van der Waals surface area contributed by atoms with Gasteiger partial charge in [0.05, 0.1) is 6.04 Å². The zero-order chi connectivity index (χ0) is 21.2. The van der Waals surface area contributed by atoms with Gasteiger partial charge in [-0.05, 0) is 34.9 Å². The van der Waals surface area contributed by atoms with Crippen LogP contribution in [0.25, 0.3) is 0 Å². The molecule has 2 aliphatic rings. The van der Waals surface area contributed by atoms with E-state index in [1.54, 1.807) is 0 Å². The highest BCUT2D eigenvalue weighted by Gasteiger charge is 2.32. The molecule has 1 fully saturated rings. The quantitative estimate of drug-likeness (QED) is 0.608. The number of rotatable bonds is 4. The fraction of sp³-hybridized carbons (Fsp3) is 0.308. The van der Waals surface area contributed by atoms with Crippen molar-refractivity contribution in [2.45, 2.75) is 25.7 Å². The van der Waals surface area contributed by atoms with E-state index in [1.807, 2.05) is 0 Å². The van der Waals surface area contributed by atoms with Crippen LogP contribution in [0.5, 0.6) is 0 Å². The normalized spacial score (nSPS) is 19.5. The molecule has 5 heteroatoms. The predicted octanol–water partition coefficient (Wildman–Crippen LogP) is 4.67. The van der Waals surface area contributed by atoms with Gasteiger partial charge in [0.15, 0.2) is 0 Å². The Bertz CT molecular complexity index is 1020. The Morgan fingerprint density at radius 1 is 0.710 bits per heavy atom. The predicted molar refractivity (Wildman–Crippen MR) is 120 cm³/mol. The van der Waals surface area contributed by atoms with Crippen molar-refractivity contribution in [3.05, 3.63) is 101 Å². The molecule has 1 atom stereocenters. The second kappa shape index (κ2) is 8.77. The Hall–Kier alpha value is -2.76. The molecular formula is C26H27F2N3. The van der Waals surface area contributed by atoms with Crippen molar-refractivity contribution in [3.63, 3.8) is 0 Å². The number of anilines is 1. The molecule has 0 radical (unpaired) electrons. The molecule has 31 heavy (non-hydrogen) atoms. The fourth-order valence-corrected chi connectivity index (χ4v) is 4.99. The van der Waals surface area contributed by atoms with Crippen LogP contribution >= 0.6 is 0 Å². The third-order valence-electron chi connectivity index (χ3n) is 6.31. The van der Waals surface area contributed by atoms with Gasteiger partial charge in [-0.15, -0.1) is 0 Å². The monoisotopic (exact) mass is 419 g/mol. The number of piperazine rings is 1. The van der Waals surface area contributed by atoms with E-state index in [2.05, 4.69) is 69.3 Å². The zero-order valence-electron chi connectivity index (χ0n) is 17.6. The topological polar surface area (TPSA) is 9.72 Å². The lowest BCUT2D eigenvalue weighted by atomic mass is 10.1. The second-order valence-electron chi connectivity index (χ2n) is 8.64. The van der Waals surface area contributed by atoms with Gasteiger partial charge in [-0.25, -0.2) is 8.78 Å². The van der Waals surface area contributed by atoms with Crippen molar-refractivity contribution in [1.82, 2.24) is 9.80 Å². The van der Waals surface area contributed by atoms with Gasteiger partial charge in [-0.2, -0.15) is 0 Å². The number of halogens is 2. The van der Waals surface area contributed by atoms with Crippen molar-refractivity contribution in [1.29, 1.82) is 0 Å². The largest absolute Gasteiger partial charge is 0.364 e. The summed E-state index contributed by atoms with van der Waals surface area (Å²) in [6, 6.07) is 23.3. The first-order chi connectivity index (χ1) is 15.1. The highest BCUT2D eigenvalue weighted by Crippen LogP contribution is 2.31. The molecule has 0 bridgehead atoms. The number of para-hydroxylation sites is 1. The molecule has 2 heterocycles. The maximum atomic E-state index is 13.8. The lowest BCUT2D eigenvalue weighted by Crippen LogP contribution is -2.55. The highest BCUT2D eigenvalue weighted by atomic mass is 19.1. The third kappa shape index (κ3) is 4.63. The summed E-state index contributed by atoms with van der Waals surface area (Å²) in [6.07, 6.45) is 0. The Morgan fingerprint density at radius 2 is 1.39 bits per heavy atom. The number of hydrogen-bond acceptors (Lipinski definition) is 3. The molecule has 0 amide bonds. The van der Waals surface area contributed by atoms with Crippen molar-refractivity contribution < 1.29 is 8.78 Å². The standard InChI is InChI=1S/C26H27F2N3/c27-23-12-21(13-24(28)14-23)16-30-17-22-8-4-5-9-26(22)31-11-10-29(18-25(31)19-30)15-20-6-2-1-3-7-20/h1-9,12-14,25H,10-11,15-19H2. The summed E-state index contributed by atoms with van der Waals surface area (Å²) < 4.78 is 27.5. The minimum atomic E-state index is -0.515. The van der Waals surface area contributed by atoms with E-state index in [0.29, 0.717) is 18.2 Å². The van der Waals surface area contributed by atoms with E-state index in [-0.39, 0.29) is 0 Å². The van der Waals surface area contributed by atoms with Crippen molar-refractivity contribution in [2.75, 3.05) is 31.1 Å². The average Bonchev–Trinajstić information content (AvgIpc) is 2.89. The number of nitrogens with zero attached hydrogens (tertiary/aromatic N) is 3. The molecule has 0 N–H and O–H groups in total. The van der Waals surface area contributed by atoms with Crippen LogP contribution in [-0.2, 0) is 19.6 Å². The van der Waals surface area contributed by atoms with Crippen LogP contribution in [0.15, 0.2) is 72.8 Å². The van der Waals surface area contributed by atoms with Crippen LogP contribution in [-0.4, -0.2) is 42.0 Å². The van der Waals surface area contributed by atoms with Gasteiger partial charge < -0.3 is 4.90 Å². The van der Waals surface area contributed by atoms with Gasteiger partial charge in [0, 0.05) is 57.6 Å². The summed E-state index contributed by atoms with van der Waals surface area (Å²) in [4.78, 5) is 7.37. The molecule has 0 aromatic heterocycles. The van der Waals surface area contributed by atoms with Crippen LogP contribution < -0.4 is 4.90 Å². The molecule has 3 aromatic rings. The average molecular weight is 420 g/mol. The Labute approximate surface area is 182 Å². The van der Waals surface area contributed by atoms with Crippen LogP contribution in [0, 0.1) is 11.6 Å². The number of fused-ring (bicyclic) bond motifs is 3. The van der Waals surface area contributed by atoms with Crippen molar-refractivity contribution in [2.24, 2.45) is 0 Å². The lowest BCUT2D eigenvalue weighted by molar-refractivity contribution is 0.172. The van der Waals surface area contributed by atoms with Gasteiger partial charge in [0.25, 0.3) is 0 Å². The molecule has 0 saturated carbocycles. The van der Waals surface area contributed by atoms with Crippen LogP contribution in [0.4, 0.5) is 14.5 Å². The zero-order valence-corrected chi connectivity index (χ0v) is 17.6. The van der Waals surface area contributed by atoms with Crippen LogP contribution in [0.2, 0.25) is 0 Å². The number of benzene rings is 3. The molecule has 3 nitrogen and oxygen atoms in total. The van der Waals surface area contributed by atoms with E-state index in [4.69, 9.17) is 0 Å². The first-order valence-corrected chi connectivity index (χ1v) is 10.9. The maximum Gasteiger partial charge on any atom is 0.126 e. The van der Waals surface area contributed by atoms with Crippen LogP contribution in [0.3, 0.4) is 0 Å². The molecule has 1 unspecified atom stereocenters. The van der Waals surface area contributed by atoms with Crippen molar-refractivity contribution in [3.8, 4) is 0 Å². The SMILES string of the molecule is Fc1cc(F)cc(CN2Cc3ccccc3N3CCN(Cc4ccccc4)CC3C2)c1. The van der Waals surface area contributed by atoms with Gasteiger partial charge in [-0.1, -0.05) is 48.5 Å². The van der Waals surface area contributed by atoms with E-state index < -0.39 is 11.6 Å². The molecule has 5 rings (SSSR count). The van der Waals surface area contributed by atoms with Gasteiger partial charge in [0.2, 0.25) is 0 Å². The fourth-order valence-electron chi connectivity index (χ4n) is 4.99. The lowest BCUT2D eigenvalue weighted by Gasteiger charge is -2.43. The summed E-state index contributed by atoms with van der Waals surface area (Å²) in [5.74, 6) is -1.03. The summed E-state index contributed by atoms with van der Waals surface area (Å²) >= 11 is 0. The summed E-state index contributed by atoms with van der Waals surface area (Å²) in [5, 5.41) is 0. The van der Waals surface area contributed by atoms with E-state index in [9.17, 15) is 8.78 Å². The molecule has 1 saturated heterocycles. The second-order valence-corrected chi connectivity index (χ2v) is 8.64. The third-order valence-corrected chi connectivity index (χ3v) is 6.31. The van der Waals surface area contributed by atoms with Gasteiger partial charge in [0.1, 0.15) is 11.6 Å². The van der Waals surface area contributed by atoms with Crippen LogP contribution in [0.1, 0.15) is 16.7 Å². The minimum Gasteiger partial charge on any atom is -0.364 e. The molecule has 3 aromatic carbocycles. The van der Waals surface area contributed by atoms with Gasteiger partial charge in [-0.3, -0.25) is 9.80 Å². The molecule has 160 valence electrons. The Morgan fingerprint density at radius 3 is 2.19 bits per heavy atom. The van der Waals surface area contributed by atoms with Gasteiger partial charge >= 0.3 is 0 Å². The smallest absolute Gasteiger partial charge is 0.126 e. The summed E-state index contributed by atoms with van der Waals surface area (Å²) in [5.41, 5.74) is 4.58. The first-order valence-electron chi connectivity index (χ1n) is 10.9. The van der Waals surface area contributed by atoms with Crippen molar-refractivity contribution >= 4 is 5.69 Å². The van der Waals surface area contributed by atoms with E-state index in [1.165, 1.54) is 28.9 Å². The molecular weight excluding hydrogens is 392 g/mol. The molecule has 0 aliphatic carbocycles. The summed E-state index contributed by atoms with van der Waals surface area (Å²) in [7, 11) is 0. The summed E-state index contributed by atoms with van der Waals surface area (Å²) in [6.45, 7) is 6.09. The van der Waals surface area contributed by atoms with E-state index in [0.717, 1.165) is 45.3 Å². The molecule has 0 spiro atoms. The Kier molecular flexibility index (Phi) is 5.70. The maximum absolute atomic E-state index is 13.8.